The van der Waals surface area contributed by atoms with Gasteiger partial charge < -0.3 is 9.47 Å². The van der Waals surface area contributed by atoms with Crippen LogP contribution >= 0.6 is 0 Å². The van der Waals surface area contributed by atoms with Crippen LogP contribution in [0.15, 0.2) is 59.6 Å². The summed E-state index contributed by atoms with van der Waals surface area (Å²) in [5.41, 5.74) is 2.01. The zero-order valence-corrected chi connectivity index (χ0v) is 13.3. The SMILES string of the molecule is COc1ccc(CC2(C(=O)OCc3ccccc3)N=C2C)cc1. The molecule has 1 aliphatic rings. The molecule has 1 heterocycles. The molecule has 2 aromatic rings. The van der Waals surface area contributed by atoms with Crippen LogP contribution in [-0.2, 0) is 22.6 Å². The summed E-state index contributed by atoms with van der Waals surface area (Å²) >= 11 is 0. The van der Waals surface area contributed by atoms with Gasteiger partial charge in [-0.3, -0.25) is 4.99 Å². The van der Waals surface area contributed by atoms with E-state index in [4.69, 9.17) is 9.47 Å². The standard InChI is InChI=1S/C19H19NO3/c1-14-19(20-14,12-15-8-10-17(22-2)11-9-15)18(21)23-13-16-6-4-3-5-7-16/h3-11H,12-13H2,1-2H3. The van der Waals surface area contributed by atoms with E-state index < -0.39 is 5.54 Å². The fourth-order valence-corrected chi connectivity index (χ4v) is 2.57. The molecule has 0 saturated carbocycles. The van der Waals surface area contributed by atoms with E-state index in [-0.39, 0.29) is 12.6 Å². The van der Waals surface area contributed by atoms with E-state index in [2.05, 4.69) is 4.99 Å². The Labute approximate surface area is 135 Å². The van der Waals surface area contributed by atoms with Crippen molar-refractivity contribution in [2.24, 2.45) is 4.99 Å². The van der Waals surface area contributed by atoms with E-state index in [1.54, 1.807) is 7.11 Å². The highest BCUT2D eigenvalue weighted by Crippen LogP contribution is 2.34. The number of carbonyl (C=O) groups is 1. The number of nitrogens with zero attached hydrogens (tertiary/aromatic N) is 1. The van der Waals surface area contributed by atoms with Gasteiger partial charge in [-0.15, -0.1) is 0 Å². The molecular formula is C19H19NO3. The minimum absolute atomic E-state index is 0.271. The van der Waals surface area contributed by atoms with Crippen molar-refractivity contribution < 1.29 is 14.3 Å². The Kier molecular flexibility index (Phi) is 4.15. The van der Waals surface area contributed by atoms with Crippen LogP contribution < -0.4 is 4.74 Å². The summed E-state index contributed by atoms with van der Waals surface area (Å²) in [7, 11) is 1.63. The Hall–Kier alpha value is -2.62. The number of hydrogen-bond acceptors (Lipinski definition) is 4. The lowest BCUT2D eigenvalue weighted by Crippen LogP contribution is -2.34. The minimum Gasteiger partial charge on any atom is -0.497 e. The molecular weight excluding hydrogens is 290 g/mol. The van der Waals surface area contributed by atoms with Gasteiger partial charge in [0.05, 0.1) is 12.8 Å². The van der Waals surface area contributed by atoms with Crippen LogP contribution in [0.4, 0.5) is 0 Å². The van der Waals surface area contributed by atoms with E-state index in [0.29, 0.717) is 6.42 Å². The van der Waals surface area contributed by atoms with Crippen molar-refractivity contribution in [1.82, 2.24) is 0 Å². The van der Waals surface area contributed by atoms with Crippen LogP contribution in [-0.4, -0.2) is 24.3 Å². The molecule has 1 atom stereocenters. The highest BCUT2D eigenvalue weighted by molar-refractivity contribution is 6.20. The van der Waals surface area contributed by atoms with Gasteiger partial charge >= 0.3 is 5.97 Å². The number of aliphatic imine (C=N–C) groups is 1. The first-order valence-corrected chi connectivity index (χ1v) is 7.55. The molecule has 0 radical (unpaired) electrons. The van der Waals surface area contributed by atoms with E-state index in [1.165, 1.54) is 0 Å². The molecule has 0 bridgehead atoms. The molecule has 23 heavy (non-hydrogen) atoms. The van der Waals surface area contributed by atoms with Gasteiger partial charge in [0.25, 0.3) is 0 Å². The van der Waals surface area contributed by atoms with Gasteiger partial charge in [0, 0.05) is 6.42 Å². The Morgan fingerprint density at radius 3 is 2.26 bits per heavy atom. The van der Waals surface area contributed by atoms with E-state index in [0.717, 1.165) is 22.6 Å². The highest BCUT2D eigenvalue weighted by Gasteiger charge is 2.52. The number of carbonyl (C=O) groups excluding carboxylic acids is 1. The molecule has 0 spiro atoms. The van der Waals surface area contributed by atoms with Crippen molar-refractivity contribution >= 4 is 11.7 Å². The number of benzene rings is 2. The van der Waals surface area contributed by atoms with Crippen LogP contribution in [0.2, 0.25) is 0 Å². The van der Waals surface area contributed by atoms with Crippen molar-refractivity contribution in [1.29, 1.82) is 0 Å². The Morgan fingerprint density at radius 1 is 1.04 bits per heavy atom. The average molecular weight is 309 g/mol. The largest absolute Gasteiger partial charge is 0.497 e. The fourth-order valence-electron chi connectivity index (χ4n) is 2.57. The summed E-state index contributed by atoms with van der Waals surface area (Å²) in [4.78, 5) is 16.8. The number of hydrogen-bond donors (Lipinski definition) is 0. The maximum Gasteiger partial charge on any atom is 0.340 e. The van der Waals surface area contributed by atoms with Gasteiger partial charge in [-0.2, -0.15) is 0 Å². The molecule has 118 valence electrons. The van der Waals surface area contributed by atoms with Gasteiger partial charge in [-0.25, -0.2) is 4.79 Å². The zero-order chi connectivity index (χ0) is 16.3. The summed E-state index contributed by atoms with van der Waals surface area (Å²) in [5, 5.41) is 0. The monoisotopic (exact) mass is 309 g/mol. The summed E-state index contributed by atoms with van der Waals surface area (Å²) in [6.45, 7) is 2.14. The van der Waals surface area contributed by atoms with Crippen LogP contribution in [0.1, 0.15) is 18.1 Å². The first kappa shape index (κ1) is 15.3. The molecule has 0 amide bonds. The van der Waals surface area contributed by atoms with Crippen LogP contribution in [0.25, 0.3) is 0 Å². The van der Waals surface area contributed by atoms with E-state index >= 15 is 0 Å². The second-order valence-electron chi connectivity index (χ2n) is 5.64. The van der Waals surface area contributed by atoms with Gasteiger partial charge in [0.15, 0.2) is 5.54 Å². The Balaban J connectivity index is 1.64. The molecule has 0 N–H and O–H groups in total. The van der Waals surface area contributed by atoms with Crippen molar-refractivity contribution in [3.8, 4) is 5.75 Å². The summed E-state index contributed by atoms with van der Waals surface area (Å²) in [5.74, 6) is 0.512. The van der Waals surface area contributed by atoms with Crippen LogP contribution in [0, 0.1) is 0 Å². The summed E-state index contributed by atoms with van der Waals surface area (Å²) in [6, 6.07) is 17.3. The zero-order valence-electron chi connectivity index (χ0n) is 13.3. The van der Waals surface area contributed by atoms with Crippen LogP contribution in [0.3, 0.4) is 0 Å². The van der Waals surface area contributed by atoms with Gasteiger partial charge in [-0.05, 0) is 30.2 Å². The number of esters is 1. The van der Waals surface area contributed by atoms with E-state index in [1.807, 2.05) is 61.5 Å². The average Bonchev–Trinajstić information content (AvgIpc) is 3.25. The Bertz CT molecular complexity index is 722. The topological polar surface area (TPSA) is 47.9 Å². The van der Waals surface area contributed by atoms with Gasteiger partial charge in [0.2, 0.25) is 0 Å². The van der Waals surface area contributed by atoms with Crippen LogP contribution in [0.5, 0.6) is 5.75 Å². The van der Waals surface area contributed by atoms with Gasteiger partial charge in [-0.1, -0.05) is 42.5 Å². The maximum absolute atomic E-state index is 12.5. The normalized spacial score (nSPS) is 19.0. The van der Waals surface area contributed by atoms with Crippen molar-refractivity contribution in [2.45, 2.75) is 25.5 Å². The second-order valence-corrected chi connectivity index (χ2v) is 5.64. The molecule has 0 saturated heterocycles. The second kappa shape index (κ2) is 6.24. The lowest BCUT2D eigenvalue weighted by atomic mass is 9.94. The highest BCUT2D eigenvalue weighted by atomic mass is 16.5. The molecule has 4 nitrogen and oxygen atoms in total. The molecule has 2 aromatic carbocycles. The lowest BCUT2D eigenvalue weighted by molar-refractivity contribution is -0.147. The maximum atomic E-state index is 12.5. The smallest absolute Gasteiger partial charge is 0.340 e. The molecule has 4 heteroatoms. The molecule has 0 aliphatic carbocycles. The van der Waals surface area contributed by atoms with Crippen molar-refractivity contribution in [3.63, 3.8) is 0 Å². The van der Waals surface area contributed by atoms with Crippen molar-refractivity contribution in [3.05, 3.63) is 65.7 Å². The Morgan fingerprint density at radius 2 is 1.70 bits per heavy atom. The third kappa shape index (κ3) is 3.26. The molecule has 0 aromatic heterocycles. The molecule has 1 aliphatic heterocycles. The fraction of sp³-hybridized carbons (Fsp3) is 0.263. The lowest BCUT2D eigenvalue weighted by Gasteiger charge is -2.14. The summed E-state index contributed by atoms with van der Waals surface area (Å²) < 4.78 is 10.6. The first-order chi connectivity index (χ1) is 11.1. The molecule has 0 fully saturated rings. The van der Waals surface area contributed by atoms with Crippen molar-refractivity contribution in [2.75, 3.05) is 7.11 Å². The summed E-state index contributed by atoms with van der Waals surface area (Å²) in [6.07, 6.45) is 0.524. The third-order valence-electron chi connectivity index (χ3n) is 4.08. The minimum atomic E-state index is -0.816. The molecule has 1 unspecified atom stereocenters. The predicted molar refractivity (Wildman–Crippen MR) is 88.8 cm³/mol. The quantitative estimate of drug-likeness (QED) is 0.770. The first-order valence-electron chi connectivity index (χ1n) is 7.55. The number of rotatable bonds is 6. The van der Waals surface area contributed by atoms with Gasteiger partial charge in [0.1, 0.15) is 12.4 Å². The number of ether oxygens (including phenoxy) is 2. The number of methoxy groups -OCH3 is 1. The molecule has 3 rings (SSSR count). The van der Waals surface area contributed by atoms with E-state index in [9.17, 15) is 4.79 Å². The third-order valence-corrected chi connectivity index (χ3v) is 4.08. The predicted octanol–water partition coefficient (Wildman–Crippen LogP) is 3.19.